The number of benzene rings is 1. The molecule has 2 rings (SSSR count). The zero-order chi connectivity index (χ0) is 12.4. The minimum absolute atomic E-state index is 0.791. The van der Waals surface area contributed by atoms with Crippen molar-refractivity contribution in [3.63, 3.8) is 0 Å². The number of aryl methyl sites for hydroxylation is 1. The fraction of sp³-hybridized carbons (Fsp3) is 0.647. The highest BCUT2D eigenvalue weighted by Gasteiger charge is 2.31. The normalized spacial score (nSPS) is 29.6. The standard InChI is InChI=1S/C17H26/c1-12(2)16-10-7-14(4)11-17(16)15-8-5-13(3)6-9-15/h5-6,8-9,12,14,16-17H,7,10-11H2,1-4H3/t14-,16-,17-/m0/s1. The molecule has 1 saturated carbocycles. The molecule has 1 aliphatic carbocycles. The molecule has 0 heteroatoms. The summed E-state index contributed by atoms with van der Waals surface area (Å²) < 4.78 is 0. The Bertz CT molecular complexity index is 347. The zero-order valence-corrected chi connectivity index (χ0v) is 11.7. The fourth-order valence-electron chi connectivity index (χ4n) is 3.40. The summed E-state index contributed by atoms with van der Waals surface area (Å²) in [5.41, 5.74) is 2.94. The van der Waals surface area contributed by atoms with Crippen molar-refractivity contribution >= 4 is 0 Å². The molecule has 0 aromatic heterocycles. The molecule has 0 aliphatic heterocycles. The van der Waals surface area contributed by atoms with E-state index in [1.165, 1.54) is 24.8 Å². The van der Waals surface area contributed by atoms with Gasteiger partial charge in [-0.05, 0) is 49.0 Å². The van der Waals surface area contributed by atoms with Gasteiger partial charge in [0.25, 0.3) is 0 Å². The summed E-state index contributed by atoms with van der Waals surface area (Å²) in [4.78, 5) is 0. The molecule has 0 unspecified atom stereocenters. The van der Waals surface area contributed by atoms with Crippen LogP contribution in [0.4, 0.5) is 0 Å². The predicted octanol–water partition coefficient (Wildman–Crippen LogP) is 5.17. The molecule has 0 heterocycles. The van der Waals surface area contributed by atoms with Crippen molar-refractivity contribution in [1.29, 1.82) is 0 Å². The maximum Gasteiger partial charge on any atom is -0.0129 e. The van der Waals surface area contributed by atoms with Crippen molar-refractivity contribution in [1.82, 2.24) is 0 Å². The minimum Gasteiger partial charge on any atom is -0.0625 e. The summed E-state index contributed by atoms with van der Waals surface area (Å²) in [5.74, 6) is 3.39. The molecule has 0 bridgehead atoms. The van der Waals surface area contributed by atoms with E-state index in [2.05, 4.69) is 52.0 Å². The second-order valence-electron chi connectivity index (χ2n) is 6.34. The summed E-state index contributed by atoms with van der Waals surface area (Å²) >= 11 is 0. The van der Waals surface area contributed by atoms with Gasteiger partial charge >= 0.3 is 0 Å². The van der Waals surface area contributed by atoms with Crippen LogP contribution < -0.4 is 0 Å². The van der Waals surface area contributed by atoms with Crippen LogP contribution in [-0.2, 0) is 0 Å². The molecule has 0 N–H and O–H groups in total. The molecule has 0 nitrogen and oxygen atoms in total. The van der Waals surface area contributed by atoms with Crippen molar-refractivity contribution < 1.29 is 0 Å². The van der Waals surface area contributed by atoms with Gasteiger partial charge < -0.3 is 0 Å². The Hall–Kier alpha value is -0.780. The van der Waals surface area contributed by atoms with E-state index >= 15 is 0 Å². The molecule has 0 radical (unpaired) electrons. The van der Waals surface area contributed by atoms with E-state index in [1.54, 1.807) is 5.56 Å². The Kier molecular flexibility index (Phi) is 3.91. The average Bonchev–Trinajstić information content (AvgIpc) is 2.29. The molecule has 94 valence electrons. The fourth-order valence-corrected chi connectivity index (χ4v) is 3.40. The lowest BCUT2D eigenvalue weighted by atomic mass is 9.67. The van der Waals surface area contributed by atoms with E-state index < -0.39 is 0 Å². The van der Waals surface area contributed by atoms with Crippen molar-refractivity contribution in [2.24, 2.45) is 17.8 Å². The molecular weight excluding hydrogens is 204 g/mol. The van der Waals surface area contributed by atoms with E-state index in [1.807, 2.05) is 0 Å². The van der Waals surface area contributed by atoms with Crippen LogP contribution in [0.25, 0.3) is 0 Å². The minimum atomic E-state index is 0.791. The molecule has 17 heavy (non-hydrogen) atoms. The van der Waals surface area contributed by atoms with E-state index in [9.17, 15) is 0 Å². The van der Waals surface area contributed by atoms with Gasteiger partial charge in [0.1, 0.15) is 0 Å². The third-order valence-corrected chi connectivity index (χ3v) is 4.53. The Balaban J connectivity index is 2.22. The predicted molar refractivity (Wildman–Crippen MR) is 75.3 cm³/mol. The molecule has 3 atom stereocenters. The van der Waals surface area contributed by atoms with Crippen molar-refractivity contribution in [3.8, 4) is 0 Å². The van der Waals surface area contributed by atoms with Crippen LogP contribution in [0.5, 0.6) is 0 Å². The van der Waals surface area contributed by atoms with Crippen molar-refractivity contribution in [2.45, 2.75) is 52.9 Å². The Labute approximate surface area is 106 Å². The van der Waals surface area contributed by atoms with Gasteiger partial charge in [-0.3, -0.25) is 0 Å². The van der Waals surface area contributed by atoms with Gasteiger partial charge in [-0.2, -0.15) is 0 Å². The van der Waals surface area contributed by atoms with E-state index in [0.29, 0.717) is 0 Å². The topological polar surface area (TPSA) is 0 Å². The highest BCUT2D eigenvalue weighted by atomic mass is 14.4. The maximum atomic E-state index is 2.41. The number of hydrogen-bond acceptors (Lipinski definition) is 0. The monoisotopic (exact) mass is 230 g/mol. The maximum absolute atomic E-state index is 2.41. The summed E-state index contributed by atoms with van der Waals surface area (Å²) in [5, 5.41) is 0. The van der Waals surface area contributed by atoms with Gasteiger partial charge in [0.05, 0.1) is 0 Å². The van der Waals surface area contributed by atoms with Gasteiger partial charge in [0, 0.05) is 0 Å². The highest BCUT2D eigenvalue weighted by molar-refractivity contribution is 5.25. The summed E-state index contributed by atoms with van der Waals surface area (Å²) in [6.07, 6.45) is 4.22. The number of rotatable bonds is 2. The number of hydrogen-bond donors (Lipinski definition) is 0. The molecular formula is C17H26. The lowest BCUT2D eigenvalue weighted by molar-refractivity contribution is 0.197. The van der Waals surface area contributed by atoms with Crippen LogP contribution in [0.3, 0.4) is 0 Å². The summed E-state index contributed by atoms with van der Waals surface area (Å²) in [6.45, 7) is 9.37. The van der Waals surface area contributed by atoms with Crippen LogP contribution in [0.2, 0.25) is 0 Å². The van der Waals surface area contributed by atoms with E-state index in [4.69, 9.17) is 0 Å². The van der Waals surface area contributed by atoms with Gasteiger partial charge in [0.15, 0.2) is 0 Å². The lowest BCUT2D eigenvalue weighted by Crippen LogP contribution is -2.26. The second kappa shape index (κ2) is 5.25. The van der Waals surface area contributed by atoms with Crippen molar-refractivity contribution in [3.05, 3.63) is 35.4 Å². The molecule has 1 aliphatic rings. The highest BCUT2D eigenvalue weighted by Crippen LogP contribution is 2.43. The largest absolute Gasteiger partial charge is 0.0625 e. The molecule has 1 fully saturated rings. The van der Waals surface area contributed by atoms with Gasteiger partial charge in [0.2, 0.25) is 0 Å². The van der Waals surface area contributed by atoms with Crippen LogP contribution in [0, 0.1) is 24.7 Å². The first kappa shape index (κ1) is 12.7. The van der Waals surface area contributed by atoms with Gasteiger partial charge in [-0.15, -0.1) is 0 Å². The SMILES string of the molecule is Cc1ccc([C@@H]2C[C@@H](C)CC[C@H]2C(C)C)cc1. The quantitative estimate of drug-likeness (QED) is 0.657. The molecule has 1 aromatic carbocycles. The average molecular weight is 230 g/mol. The summed E-state index contributed by atoms with van der Waals surface area (Å²) in [6, 6.07) is 9.25. The Morgan fingerprint density at radius 3 is 2.29 bits per heavy atom. The third kappa shape index (κ3) is 2.91. The van der Waals surface area contributed by atoms with E-state index in [-0.39, 0.29) is 0 Å². The third-order valence-electron chi connectivity index (χ3n) is 4.53. The lowest BCUT2D eigenvalue weighted by Gasteiger charge is -2.37. The van der Waals surface area contributed by atoms with Crippen LogP contribution in [0.1, 0.15) is 57.1 Å². The first-order valence-electron chi connectivity index (χ1n) is 7.14. The van der Waals surface area contributed by atoms with Crippen LogP contribution >= 0.6 is 0 Å². The molecule has 0 spiro atoms. The zero-order valence-electron chi connectivity index (χ0n) is 11.7. The van der Waals surface area contributed by atoms with Gasteiger partial charge in [-0.25, -0.2) is 0 Å². The Morgan fingerprint density at radius 1 is 1.06 bits per heavy atom. The van der Waals surface area contributed by atoms with E-state index in [0.717, 1.165) is 23.7 Å². The van der Waals surface area contributed by atoms with Crippen molar-refractivity contribution in [2.75, 3.05) is 0 Å². The Morgan fingerprint density at radius 2 is 1.71 bits per heavy atom. The first-order valence-corrected chi connectivity index (χ1v) is 7.14. The second-order valence-corrected chi connectivity index (χ2v) is 6.34. The first-order chi connectivity index (χ1) is 8.08. The summed E-state index contributed by atoms with van der Waals surface area (Å²) in [7, 11) is 0. The van der Waals surface area contributed by atoms with Gasteiger partial charge in [-0.1, -0.05) is 57.0 Å². The smallest absolute Gasteiger partial charge is 0.0129 e. The van der Waals surface area contributed by atoms with Crippen LogP contribution in [0.15, 0.2) is 24.3 Å². The van der Waals surface area contributed by atoms with Crippen LogP contribution in [-0.4, -0.2) is 0 Å². The molecule has 1 aromatic rings. The molecule has 0 amide bonds. The molecule has 0 saturated heterocycles.